The number of nitrogens with zero attached hydrogens (tertiary/aromatic N) is 1. The van der Waals surface area contributed by atoms with Crippen molar-refractivity contribution in [2.45, 2.75) is 45.2 Å². The summed E-state index contributed by atoms with van der Waals surface area (Å²) in [5, 5.41) is 2.27. The number of hydrogen-bond donors (Lipinski definition) is 0. The largest absolute Gasteiger partial charge is 0.290 e. The predicted octanol–water partition coefficient (Wildman–Crippen LogP) is 3.47. The average molecular weight is 221 g/mol. The highest BCUT2D eigenvalue weighted by atomic mass is 32.1. The number of thiophene rings is 1. The van der Waals surface area contributed by atoms with Crippen LogP contribution in [0.2, 0.25) is 0 Å². The molecule has 1 aromatic rings. The molecule has 2 aliphatic rings. The van der Waals surface area contributed by atoms with Gasteiger partial charge in [-0.1, -0.05) is 0 Å². The molecule has 2 heteroatoms. The second-order valence-electron chi connectivity index (χ2n) is 5.95. The van der Waals surface area contributed by atoms with Crippen molar-refractivity contribution in [1.82, 2.24) is 4.90 Å². The summed E-state index contributed by atoms with van der Waals surface area (Å²) >= 11 is 1.96. The van der Waals surface area contributed by atoms with Gasteiger partial charge in [-0.2, -0.15) is 0 Å². The molecule has 0 saturated carbocycles. The lowest BCUT2D eigenvalue weighted by molar-refractivity contribution is 0.122. The third-order valence-electron chi connectivity index (χ3n) is 3.84. The Balaban J connectivity index is 2.00. The van der Waals surface area contributed by atoms with Crippen molar-refractivity contribution in [3.63, 3.8) is 0 Å². The molecule has 2 bridgehead atoms. The van der Waals surface area contributed by atoms with E-state index in [1.807, 2.05) is 11.3 Å². The van der Waals surface area contributed by atoms with E-state index in [-0.39, 0.29) is 0 Å². The Bertz CT molecular complexity index is 374. The minimum absolute atomic E-state index is 0.324. The van der Waals surface area contributed by atoms with Crippen molar-refractivity contribution in [1.29, 1.82) is 0 Å². The van der Waals surface area contributed by atoms with Crippen LogP contribution in [0.15, 0.2) is 11.4 Å². The number of fused-ring (bicyclic) bond motifs is 4. The van der Waals surface area contributed by atoms with Gasteiger partial charge in [-0.05, 0) is 56.5 Å². The number of rotatable bonds is 0. The van der Waals surface area contributed by atoms with Gasteiger partial charge in [-0.3, -0.25) is 4.90 Å². The molecule has 0 spiro atoms. The number of likely N-dealkylation sites (tertiary alicyclic amines) is 1. The van der Waals surface area contributed by atoms with Crippen molar-refractivity contribution in [2.24, 2.45) is 5.92 Å². The average Bonchev–Trinajstić information content (AvgIpc) is 2.70. The van der Waals surface area contributed by atoms with E-state index >= 15 is 0 Å². The van der Waals surface area contributed by atoms with E-state index in [1.165, 1.54) is 19.4 Å². The monoisotopic (exact) mass is 221 g/mol. The van der Waals surface area contributed by atoms with Crippen LogP contribution in [0.25, 0.3) is 0 Å². The molecule has 2 unspecified atom stereocenters. The van der Waals surface area contributed by atoms with Gasteiger partial charge in [0.25, 0.3) is 0 Å². The minimum Gasteiger partial charge on any atom is -0.290 e. The zero-order valence-corrected chi connectivity index (χ0v) is 10.6. The van der Waals surface area contributed by atoms with E-state index in [9.17, 15) is 0 Å². The molecule has 1 aromatic heterocycles. The molecular weight excluding hydrogens is 202 g/mol. The highest BCUT2D eigenvalue weighted by Crippen LogP contribution is 2.48. The van der Waals surface area contributed by atoms with Crippen molar-refractivity contribution < 1.29 is 0 Å². The molecule has 0 N–H and O–H groups in total. The summed E-state index contributed by atoms with van der Waals surface area (Å²) in [6, 6.07) is 3.06. The molecule has 1 aliphatic carbocycles. The van der Waals surface area contributed by atoms with Gasteiger partial charge in [0.05, 0.1) is 0 Å². The summed E-state index contributed by atoms with van der Waals surface area (Å²) in [5.74, 6) is 0.913. The SMILES string of the molecule is CC(C)(C)N1CC2Cc3ccsc3C1C2. The maximum Gasteiger partial charge on any atom is 0.0452 e. The third kappa shape index (κ3) is 1.46. The molecule has 2 heterocycles. The first kappa shape index (κ1) is 9.86. The lowest BCUT2D eigenvalue weighted by Gasteiger charge is -2.36. The van der Waals surface area contributed by atoms with Gasteiger partial charge < -0.3 is 0 Å². The van der Waals surface area contributed by atoms with Gasteiger partial charge in [0, 0.05) is 23.0 Å². The van der Waals surface area contributed by atoms with E-state index < -0.39 is 0 Å². The van der Waals surface area contributed by atoms with Crippen molar-refractivity contribution in [3.8, 4) is 0 Å². The fourth-order valence-electron chi connectivity index (χ4n) is 3.18. The van der Waals surface area contributed by atoms with Crippen LogP contribution in [0.1, 0.15) is 43.7 Å². The number of hydrogen-bond acceptors (Lipinski definition) is 2. The van der Waals surface area contributed by atoms with Gasteiger partial charge >= 0.3 is 0 Å². The molecule has 0 amide bonds. The lowest BCUT2D eigenvalue weighted by atomic mass is 9.90. The topological polar surface area (TPSA) is 3.24 Å². The fourth-order valence-corrected chi connectivity index (χ4v) is 4.24. The fraction of sp³-hybridized carbons (Fsp3) is 0.692. The third-order valence-corrected chi connectivity index (χ3v) is 4.90. The Kier molecular flexibility index (Phi) is 2.02. The van der Waals surface area contributed by atoms with Gasteiger partial charge in [0.2, 0.25) is 0 Å². The molecular formula is C13H19NS. The van der Waals surface area contributed by atoms with Crippen molar-refractivity contribution in [2.75, 3.05) is 6.54 Å². The second-order valence-corrected chi connectivity index (χ2v) is 6.90. The van der Waals surface area contributed by atoms with Crippen LogP contribution in [0.3, 0.4) is 0 Å². The summed E-state index contributed by atoms with van der Waals surface area (Å²) < 4.78 is 0. The molecule has 82 valence electrons. The van der Waals surface area contributed by atoms with Gasteiger partial charge in [-0.25, -0.2) is 0 Å². The Labute approximate surface area is 96.1 Å². The quantitative estimate of drug-likeness (QED) is 0.648. The van der Waals surface area contributed by atoms with Crippen LogP contribution in [0, 0.1) is 5.92 Å². The first-order valence-corrected chi connectivity index (χ1v) is 6.76. The molecule has 1 nitrogen and oxygen atoms in total. The lowest BCUT2D eigenvalue weighted by Crippen LogP contribution is -2.40. The van der Waals surface area contributed by atoms with Crippen molar-refractivity contribution in [3.05, 3.63) is 21.9 Å². The molecule has 0 radical (unpaired) electrons. The highest BCUT2D eigenvalue weighted by Gasteiger charge is 2.43. The van der Waals surface area contributed by atoms with Crippen LogP contribution >= 0.6 is 11.3 Å². The molecule has 15 heavy (non-hydrogen) atoms. The van der Waals surface area contributed by atoms with Crippen LogP contribution in [-0.4, -0.2) is 17.0 Å². The van der Waals surface area contributed by atoms with Crippen LogP contribution < -0.4 is 0 Å². The van der Waals surface area contributed by atoms with E-state index in [1.54, 1.807) is 10.4 Å². The standard InChI is InChI=1S/C13H19NS/c1-13(2,3)14-8-9-6-10-4-5-15-12(10)11(14)7-9/h4-5,9,11H,6-8H2,1-3H3. The first-order valence-electron chi connectivity index (χ1n) is 5.89. The molecule has 1 fully saturated rings. The zero-order chi connectivity index (χ0) is 10.6. The highest BCUT2D eigenvalue weighted by molar-refractivity contribution is 7.10. The normalized spacial score (nSPS) is 30.6. The van der Waals surface area contributed by atoms with Crippen molar-refractivity contribution >= 4 is 11.3 Å². The summed E-state index contributed by atoms with van der Waals surface area (Å²) in [6.45, 7) is 8.35. The molecule has 1 aliphatic heterocycles. The molecule has 2 atom stereocenters. The maximum atomic E-state index is 2.71. The van der Waals surface area contributed by atoms with Crippen LogP contribution in [-0.2, 0) is 6.42 Å². The van der Waals surface area contributed by atoms with E-state index in [2.05, 4.69) is 37.1 Å². The van der Waals surface area contributed by atoms with E-state index in [0.717, 1.165) is 12.0 Å². The summed E-state index contributed by atoms with van der Waals surface area (Å²) in [5.41, 5.74) is 1.96. The molecule has 3 rings (SSSR count). The summed E-state index contributed by atoms with van der Waals surface area (Å²) in [4.78, 5) is 4.36. The predicted molar refractivity (Wildman–Crippen MR) is 65.3 cm³/mol. The minimum atomic E-state index is 0.324. The Morgan fingerprint density at radius 1 is 1.40 bits per heavy atom. The Morgan fingerprint density at radius 2 is 2.20 bits per heavy atom. The Morgan fingerprint density at radius 3 is 2.93 bits per heavy atom. The zero-order valence-electron chi connectivity index (χ0n) is 9.79. The van der Waals surface area contributed by atoms with Crippen LogP contribution in [0.4, 0.5) is 0 Å². The van der Waals surface area contributed by atoms with Gasteiger partial charge in [0.15, 0.2) is 0 Å². The first-order chi connectivity index (χ1) is 7.05. The van der Waals surface area contributed by atoms with E-state index in [0.29, 0.717) is 5.54 Å². The summed E-state index contributed by atoms with van der Waals surface area (Å²) in [6.07, 6.45) is 2.71. The second kappa shape index (κ2) is 3.08. The maximum absolute atomic E-state index is 2.71. The smallest absolute Gasteiger partial charge is 0.0452 e. The Hall–Kier alpha value is -0.340. The summed E-state index contributed by atoms with van der Waals surface area (Å²) in [7, 11) is 0. The van der Waals surface area contributed by atoms with Crippen LogP contribution in [0.5, 0.6) is 0 Å². The molecule has 1 saturated heterocycles. The van der Waals surface area contributed by atoms with E-state index in [4.69, 9.17) is 0 Å². The van der Waals surface area contributed by atoms with Gasteiger partial charge in [0.1, 0.15) is 0 Å². The molecule has 0 aromatic carbocycles. The van der Waals surface area contributed by atoms with Gasteiger partial charge in [-0.15, -0.1) is 11.3 Å².